The van der Waals surface area contributed by atoms with Gasteiger partial charge in [0.05, 0.1) is 4.90 Å². The van der Waals surface area contributed by atoms with Gasteiger partial charge in [-0.15, -0.1) is 0 Å². The molecule has 1 rings (SSSR count). The van der Waals surface area contributed by atoms with Crippen LogP contribution in [0.25, 0.3) is 0 Å². The Labute approximate surface area is 100 Å². The van der Waals surface area contributed by atoms with Crippen LogP contribution < -0.4 is 0 Å². The summed E-state index contributed by atoms with van der Waals surface area (Å²) in [7, 11) is -3.91. The number of rotatable bonds is 5. The highest BCUT2D eigenvalue weighted by Crippen LogP contribution is 2.16. The van der Waals surface area contributed by atoms with E-state index < -0.39 is 22.8 Å². The number of alkyl halides is 1. The third-order valence-electron chi connectivity index (χ3n) is 1.95. The van der Waals surface area contributed by atoms with Crippen LogP contribution in [0.2, 0.25) is 0 Å². The van der Waals surface area contributed by atoms with Gasteiger partial charge in [0.2, 0.25) is 0 Å². The SMILES string of the molecule is Cc1ccc(S(=O)(=O)OC(C)OC(C)F)cc1. The number of hydrogen-bond donors (Lipinski definition) is 0. The van der Waals surface area contributed by atoms with Crippen molar-refractivity contribution < 1.29 is 21.7 Å². The van der Waals surface area contributed by atoms with Crippen LogP contribution in [0, 0.1) is 6.92 Å². The highest BCUT2D eigenvalue weighted by Gasteiger charge is 2.20. The Hall–Kier alpha value is -0.980. The molecule has 6 heteroatoms. The van der Waals surface area contributed by atoms with Crippen molar-refractivity contribution in [2.24, 2.45) is 0 Å². The lowest BCUT2D eigenvalue weighted by molar-refractivity contribution is -0.143. The summed E-state index contributed by atoms with van der Waals surface area (Å²) in [6.45, 7) is 4.31. The molecule has 2 atom stereocenters. The molecule has 0 N–H and O–H groups in total. The number of halogens is 1. The minimum atomic E-state index is -3.91. The fourth-order valence-corrected chi connectivity index (χ4v) is 2.21. The molecule has 96 valence electrons. The molecule has 0 bridgehead atoms. The van der Waals surface area contributed by atoms with E-state index in [-0.39, 0.29) is 4.90 Å². The summed E-state index contributed by atoms with van der Waals surface area (Å²) in [5, 5.41) is 0. The Morgan fingerprint density at radius 3 is 2.18 bits per heavy atom. The van der Waals surface area contributed by atoms with E-state index in [1.165, 1.54) is 19.1 Å². The van der Waals surface area contributed by atoms with Gasteiger partial charge in [0.1, 0.15) is 0 Å². The van der Waals surface area contributed by atoms with E-state index in [1.807, 2.05) is 6.92 Å². The molecule has 0 spiro atoms. The van der Waals surface area contributed by atoms with Crippen LogP contribution in [0.15, 0.2) is 29.2 Å². The molecule has 17 heavy (non-hydrogen) atoms. The van der Waals surface area contributed by atoms with Crippen LogP contribution in [0.4, 0.5) is 4.39 Å². The summed E-state index contributed by atoms with van der Waals surface area (Å²) < 4.78 is 45.2. The molecule has 0 saturated heterocycles. The number of hydrogen-bond acceptors (Lipinski definition) is 4. The zero-order valence-electron chi connectivity index (χ0n) is 9.88. The molecule has 0 amide bonds. The lowest BCUT2D eigenvalue weighted by Crippen LogP contribution is -2.21. The fourth-order valence-electron chi connectivity index (χ4n) is 1.23. The summed E-state index contributed by atoms with van der Waals surface area (Å²) in [4.78, 5) is 0.0186. The Bertz CT molecular complexity index is 453. The molecule has 0 aliphatic rings. The van der Waals surface area contributed by atoms with Crippen molar-refractivity contribution in [3.63, 3.8) is 0 Å². The summed E-state index contributed by atoms with van der Waals surface area (Å²) in [6, 6.07) is 6.16. The van der Waals surface area contributed by atoms with Gasteiger partial charge in [-0.2, -0.15) is 8.42 Å². The molecule has 0 heterocycles. The summed E-state index contributed by atoms with van der Waals surface area (Å²) >= 11 is 0. The van der Waals surface area contributed by atoms with Crippen molar-refractivity contribution >= 4 is 10.1 Å². The Balaban J connectivity index is 2.78. The quantitative estimate of drug-likeness (QED) is 0.604. The van der Waals surface area contributed by atoms with Crippen molar-refractivity contribution in [3.05, 3.63) is 29.8 Å². The third-order valence-corrected chi connectivity index (χ3v) is 3.32. The third kappa shape index (κ3) is 4.41. The van der Waals surface area contributed by atoms with Crippen molar-refractivity contribution in [1.29, 1.82) is 0 Å². The van der Waals surface area contributed by atoms with E-state index in [1.54, 1.807) is 12.1 Å². The molecule has 0 aliphatic heterocycles. The molecule has 1 aromatic carbocycles. The predicted octanol–water partition coefficient (Wildman–Crippen LogP) is 2.38. The fraction of sp³-hybridized carbons (Fsp3) is 0.455. The Kier molecular flexibility index (Phi) is 4.62. The molecule has 0 radical (unpaired) electrons. The molecule has 2 unspecified atom stereocenters. The summed E-state index contributed by atoms with van der Waals surface area (Å²) in [6.07, 6.45) is -2.75. The minimum absolute atomic E-state index is 0.0186. The normalized spacial score (nSPS) is 15.5. The highest BCUT2D eigenvalue weighted by atomic mass is 32.2. The lowest BCUT2D eigenvalue weighted by atomic mass is 10.2. The first-order chi connectivity index (χ1) is 7.81. The van der Waals surface area contributed by atoms with Crippen molar-refractivity contribution in [1.82, 2.24) is 0 Å². The van der Waals surface area contributed by atoms with Gasteiger partial charge in [-0.05, 0) is 32.9 Å². The topological polar surface area (TPSA) is 52.6 Å². The van der Waals surface area contributed by atoms with Gasteiger partial charge in [-0.1, -0.05) is 17.7 Å². The van der Waals surface area contributed by atoms with Gasteiger partial charge in [0, 0.05) is 0 Å². The smallest absolute Gasteiger partial charge is 0.299 e. The molecular weight excluding hydrogens is 247 g/mol. The minimum Gasteiger partial charge on any atom is -0.318 e. The zero-order valence-corrected chi connectivity index (χ0v) is 10.7. The number of benzene rings is 1. The molecule has 0 aromatic heterocycles. The molecule has 0 aliphatic carbocycles. The average Bonchev–Trinajstić information content (AvgIpc) is 2.15. The van der Waals surface area contributed by atoms with Crippen LogP contribution in [-0.2, 0) is 19.0 Å². The van der Waals surface area contributed by atoms with E-state index in [4.69, 9.17) is 0 Å². The van der Waals surface area contributed by atoms with Crippen molar-refractivity contribution in [2.75, 3.05) is 0 Å². The van der Waals surface area contributed by atoms with Gasteiger partial charge in [-0.3, -0.25) is 0 Å². The largest absolute Gasteiger partial charge is 0.318 e. The molecule has 0 fully saturated rings. The second-order valence-electron chi connectivity index (χ2n) is 3.61. The summed E-state index contributed by atoms with van der Waals surface area (Å²) in [5.74, 6) is 0. The van der Waals surface area contributed by atoms with E-state index in [0.29, 0.717) is 0 Å². The summed E-state index contributed by atoms with van der Waals surface area (Å²) in [5.41, 5.74) is 0.936. The van der Waals surface area contributed by atoms with Crippen LogP contribution >= 0.6 is 0 Å². The Morgan fingerprint density at radius 1 is 1.18 bits per heavy atom. The van der Waals surface area contributed by atoms with Crippen molar-refractivity contribution in [3.8, 4) is 0 Å². The maximum absolute atomic E-state index is 12.5. The van der Waals surface area contributed by atoms with Gasteiger partial charge >= 0.3 is 0 Å². The van der Waals surface area contributed by atoms with Crippen LogP contribution in [0.5, 0.6) is 0 Å². The van der Waals surface area contributed by atoms with E-state index >= 15 is 0 Å². The average molecular weight is 262 g/mol. The number of ether oxygens (including phenoxy) is 1. The van der Waals surface area contributed by atoms with Gasteiger partial charge in [0.25, 0.3) is 10.1 Å². The predicted molar refractivity (Wildman–Crippen MR) is 60.6 cm³/mol. The van der Waals surface area contributed by atoms with Crippen LogP contribution in [0.1, 0.15) is 19.4 Å². The first kappa shape index (κ1) is 14.1. The highest BCUT2D eigenvalue weighted by molar-refractivity contribution is 7.86. The number of aryl methyl sites for hydroxylation is 1. The van der Waals surface area contributed by atoms with Gasteiger partial charge < -0.3 is 4.74 Å². The van der Waals surface area contributed by atoms with Gasteiger partial charge in [-0.25, -0.2) is 8.57 Å². The van der Waals surface area contributed by atoms with E-state index in [9.17, 15) is 12.8 Å². The molecule has 0 saturated carbocycles. The first-order valence-corrected chi connectivity index (χ1v) is 6.51. The van der Waals surface area contributed by atoms with Crippen LogP contribution in [0.3, 0.4) is 0 Å². The molecule has 1 aromatic rings. The van der Waals surface area contributed by atoms with E-state index in [2.05, 4.69) is 8.92 Å². The van der Waals surface area contributed by atoms with E-state index in [0.717, 1.165) is 12.5 Å². The van der Waals surface area contributed by atoms with Crippen LogP contribution in [-0.4, -0.2) is 21.1 Å². The maximum atomic E-state index is 12.5. The second kappa shape index (κ2) is 5.57. The standard InChI is InChI=1S/C11H15FO4S/c1-8-4-6-11(7-5-8)17(13,14)16-10(3)15-9(2)12/h4-7,9-10H,1-3H3. The molecule has 4 nitrogen and oxygen atoms in total. The first-order valence-electron chi connectivity index (χ1n) is 5.11. The second-order valence-corrected chi connectivity index (χ2v) is 5.18. The Morgan fingerprint density at radius 2 is 1.71 bits per heavy atom. The lowest BCUT2D eigenvalue weighted by Gasteiger charge is -2.14. The maximum Gasteiger partial charge on any atom is 0.299 e. The molecular formula is C11H15FO4S. The van der Waals surface area contributed by atoms with Crippen molar-refractivity contribution in [2.45, 2.75) is 38.3 Å². The zero-order chi connectivity index (χ0) is 13.1. The monoisotopic (exact) mass is 262 g/mol. The van der Waals surface area contributed by atoms with Gasteiger partial charge in [0.15, 0.2) is 12.6 Å².